The average Bonchev–Trinajstić information content (AvgIpc) is 2.27. The van der Waals surface area contributed by atoms with Crippen LogP contribution in [0.5, 0.6) is 0 Å². The zero-order chi connectivity index (χ0) is 14.5. The molecule has 1 rings (SSSR count). The number of hydrogen-bond acceptors (Lipinski definition) is 2. The fourth-order valence-electron chi connectivity index (χ4n) is 1.75. The van der Waals surface area contributed by atoms with Crippen molar-refractivity contribution in [2.24, 2.45) is 0 Å². The normalized spacial score (nSPS) is 14.6. The molecule has 0 aliphatic carbocycles. The van der Waals surface area contributed by atoms with Crippen LogP contribution in [0, 0.1) is 0 Å². The number of carbonyl (C=O) groups is 1. The van der Waals surface area contributed by atoms with Crippen molar-refractivity contribution in [1.29, 1.82) is 0 Å². The molecule has 0 aliphatic heterocycles. The summed E-state index contributed by atoms with van der Waals surface area (Å²) < 4.78 is 0. The molecule has 1 aromatic carbocycles. The monoisotopic (exact) mass is 264 g/mol. The van der Waals surface area contributed by atoms with E-state index in [1.54, 1.807) is 6.92 Å². The predicted molar refractivity (Wildman–Crippen MR) is 76.9 cm³/mol. The quantitative estimate of drug-likeness (QED) is 0.782. The number of amides is 2. The Hall–Kier alpha value is -1.55. The van der Waals surface area contributed by atoms with Crippen molar-refractivity contribution in [3.05, 3.63) is 35.9 Å². The molecule has 1 aromatic rings. The zero-order valence-electron chi connectivity index (χ0n) is 12.2. The van der Waals surface area contributed by atoms with E-state index in [1.165, 1.54) is 0 Å². The summed E-state index contributed by atoms with van der Waals surface area (Å²) in [6.45, 7) is 7.95. The molecular formula is C15H24N2O2. The predicted octanol–water partition coefficient (Wildman–Crippen LogP) is 2.38. The van der Waals surface area contributed by atoms with Crippen molar-refractivity contribution >= 4 is 6.03 Å². The van der Waals surface area contributed by atoms with E-state index in [0.717, 1.165) is 5.56 Å². The van der Waals surface area contributed by atoms with Crippen LogP contribution in [0.1, 0.15) is 39.7 Å². The van der Waals surface area contributed by atoms with Crippen molar-refractivity contribution in [3.63, 3.8) is 0 Å². The molecule has 3 N–H and O–H groups in total. The first-order valence-electron chi connectivity index (χ1n) is 6.55. The minimum Gasteiger partial charge on any atom is -0.385 e. The second-order valence-corrected chi connectivity index (χ2v) is 6.02. The van der Waals surface area contributed by atoms with E-state index in [4.69, 9.17) is 0 Å². The van der Waals surface area contributed by atoms with Gasteiger partial charge in [0, 0.05) is 12.1 Å². The lowest BCUT2D eigenvalue weighted by Gasteiger charge is -2.25. The van der Waals surface area contributed by atoms with Gasteiger partial charge < -0.3 is 15.7 Å². The fourth-order valence-corrected chi connectivity index (χ4v) is 1.75. The Balaban J connectivity index is 2.43. The summed E-state index contributed by atoms with van der Waals surface area (Å²) in [7, 11) is 0. The van der Waals surface area contributed by atoms with E-state index in [1.807, 2.05) is 51.1 Å². The molecule has 0 saturated carbocycles. The Labute approximate surface area is 115 Å². The summed E-state index contributed by atoms with van der Waals surface area (Å²) in [5, 5.41) is 15.9. The number of urea groups is 1. The third kappa shape index (κ3) is 5.75. The van der Waals surface area contributed by atoms with Crippen molar-refractivity contribution in [3.8, 4) is 0 Å². The summed E-state index contributed by atoms with van der Waals surface area (Å²) in [5.74, 6) is 0. The van der Waals surface area contributed by atoms with Crippen LogP contribution in [-0.2, 0) is 5.60 Å². The summed E-state index contributed by atoms with van der Waals surface area (Å²) in [6.07, 6.45) is 0.467. The molecule has 0 aliphatic rings. The number of nitrogens with one attached hydrogen (secondary N) is 2. The maximum absolute atomic E-state index is 11.6. The van der Waals surface area contributed by atoms with Gasteiger partial charge in [0.15, 0.2) is 0 Å². The molecule has 0 heterocycles. The second-order valence-electron chi connectivity index (χ2n) is 6.02. The van der Waals surface area contributed by atoms with Crippen LogP contribution < -0.4 is 10.6 Å². The van der Waals surface area contributed by atoms with Gasteiger partial charge in [-0.05, 0) is 39.7 Å². The van der Waals surface area contributed by atoms with Gasteiger partial charge in [-0.1, -0.05) is 30.3 Å². The molecule has 0 bridgehead atoms. The van der Waals surface area contributed by atoms with Gasteiger partial charge in [-0.15, -0.1) is 0 Å². The highest BCUT2D eigenvalue weighted by Crippen LogP contribution is 2.23. The number of hydrogen-bond donors (Lipinski definition) is 3. The molecule has 4 heteroatoms. The van der Waals surface area contributed by atoms with Crippen LogP contribution in [0.2, 0.25) is 0 Å². The van der Waals surface area contributed by atoms with E-state index in [9.17, 15) is 9.90 Å². The minimum atomic E-state index is -0.934. The van der Waals surface area contributed by atoms with E-state index < -0.39 is 5.60 Å². The molecule has 1 unspecified atom stereocenters. The fraction of sp³-hybridized carbons (Fsp3) is 0.533. The third-order valence-corrected chi connectivity index (χ3v) is 2.78. The molecular weight excluding hydrogens is 240 g/mol. The van der Waals surface area contributed by atoms with Gasteiger partial charge in [0.25, 0.3) is 0 Å². The summed E-state index contributed by atoms with van der Waals surface area (Å²) in [5.41, 5.74) is -0.338. The largest absolute Gasteiger partial charge is 0.385 e. The van der Waals surface area contributed by atoms with E-state index in [0.29, 0.717) is 13.0 Å². The van der Waals surface area contributed by atoms with Crippen molar-refractivity contribution < 1.29 is 9.90 Å². The molecule has 4 nitrogen and oxygen atoms in total. The Bertz CT molecular complexity index is 408. The van der Waals surface area contributed by atoms with Gasteiger partial charge in [0.2, 0.25) is 0 Å². The van der Waals surface area contributed by atoms with Gasteiger partial charge in [0.05, 0.1) is 5.60 Å². The highest BCUT2D eigenvalue weighted by Gasteiger charge is 2.22. The summed E-state index contributed by atoms with van der Waals surface area (Å²) in [4.78, 5) is 11.6. The molecule has 106 valence electrons. The Kier molecular flexibility index (Phi) is 4.95. The van der Waals surface area contributed by atoms with Crippen LogP contribution >= 0.6 is 0 Å². The first-order valence-corrected chi connectivity index (χ1v) is 6.55. The average molecular weight is 264 g/mol. The molecule has 0 fully saturated rings. The van der Waals surface area contributed by atoms with Gasteiger partial charge in [0.1, 0.15) is 0 Å². The van der Waals surface area contributed by atoms with E-state index in [2.05, 4.69) is 10.6 Å². The number of aliphatic hydroxyl groups is 1. The highest BCUT2D eigenvalue weighted by molar-refractivity contribution is 5.74. The molecule has 0 radical (unpaired) electrons. The molecule has 0 saturated heterocycles. The van der Waals surface area contributed by atoms with Gasteiger partial charge >= 0.3 is 6.03 Å². The third-order valence-electron chi connectivity index (χ3n) is 2.78. The van der Waals surface area contributed by atoms with Gasteiger partial charge in [-0.3, -0.25) is 0 Å². The van der Waals surface area contributed by atoms with Crippen molar-refractivity contribution in [2.45, 2.75) is 45.3 Å². The maximum atomic E-state index is 11.6. The maximum Gasteiger partial charge on any atom is 0.315 e. The standard InChI is InChI=1S/C15H24N2O2/c1-14(2,3)17-13(18)16-11-10-15(4,19)12-8-6-5-7-9-12/h5-9,19H,10-11H2,1-4H3,(H2,16,17,18). The summed E-state index contributed by atoms with van der Waals surface area (Å²) >= 11 is 0. The van der Waals surface area contributed by atoms with Crippen LogP contribution in [0.15, 0.2) is 30.3 Å². The first kappa shape index (κ1) is 15.5. The molecule has 1 atom stereocenters. The SMILES string of the molecule is CC(C)(C)NC(=O)NCCC(C)(O)c1ccccc1. The smallest absolute Gasteiger partial charge is 0.315 e. The topological polar surface area (TPSA) is 61.4 Å². The second kappa shape index (κ2) is 6.06. The van der Waals surface area contributed by atoms with Gasteiger partial charge in [-0.2, -0.15) is 0 Å². The molecule has 19 heavy (non-hydrogen) atoms. The van der Waals surface area contributed by atoms with Crippen molar-refractivity contribution in [1.82, 2.24) is 10.6 Å². The van der Waals surface area contributed by atoms with Crippen LogP contribution in [-0.4, -0.2) is 23.2 Å². The Morgan fingerprint density at radius 1 is 1.16 bits per heavy atom. The zero-order valence-corrected chi connectivity index (χ0v) is 12.2. The minimum absolute atomic E-state index is 0.212. The molecule has 0 aromatic heterocycles. The van der Waals surface area contributed by atoms with Crippen LogP contribution in [0.25, 0.3) is 0 Å². The number of carbonyl (C=O) groups excluding carboxylic acids is 1. The lowest BCUT2D eigenvalue weighted by molar-refractivity contribution is 0.0487. The lowest BCUT2D eigenvalue weighted by atomic mass is 9.93. The Morgan fingerprint density at radius 2 is 1.74 bits per heavy atom. The van der Waals surface area contributed by atoms with E-state index >= 15 is 0 Å². The highest BCUT2D eigenvalue weighted by atomic mass is 16.3. The molecule has 0 spiro atoms. The summed E-state index contributed by atoms with van der Waals surface area (Å²) in [6, 6.07) is 9.25. The molecule has 2 amide bonds. The Morgan fingerprint density at radius 3 is 2.26 bits per heavy atom. The lowest BCUT2D eigenvalue weighted by Crippen LogP contribution is -2.47. The number of benzene rings is 1. The van der Waals surface area contributed by atoms with Gasteiger partial charge in [-0.25, -0.2) is 4.79 Å². The van der Waals surface area contributed by atoms with E-state index in [-0.39, 0.29) is 11.6 Å². The van der Waals surface area contributed by atoms with Crippen LogP contribution in [0.4, 0.5) is 4.79 Å². The van der Waals surface area contributed by atoms with Crippen molar-refractivity contribution in [2.75, 3.05) is 6.54 Å². The van der Waals surface area contributed by atoms with Crippen LogP contribution in [0.3, 0.4) is 0 Å². The number of rotatable bonds is 4. The first-order chi connectivity index (χ1) is 8.71.